The Balaban J connectivity index is 2.39. The second-order valence-electron chi connectivity index (χ2n) is 4.67. The van der Waals surface area contributed by atoms with E-state index in [9.17, 15) is 4.79 Å². The summed E-state index contributed by atoms with van der Waals surface area (Å²) in [5.41, 5.74) is 0. The van der Waals surface area contributed by atoms with E-state index in [1.54, 1.807) is 0 Å². The summed E-state index contributed by atoms with van der Waals surface area (Å²) in [6, 6.07) is 0.346. The number of piperidine rings is 1. The van der Waals surface area contributed by atoms with Crippen LogP contribution in [0.4, 0.5) is 0 Å². The lowest BCUT2D eigenvalue weighted by molar-refractivity contribution is -0.149. The highest BCUT2D eigenvalue weighted by molar-refractivity contribution is 5.71. The molecule has 0 saturated carbocycles. The van der Waals surface area contributed by atoms with Crippen LogP contribution in [0.25, 0.3) is 0 Å². The van der Waals surface area contributed by atoms with E-state index in [2.05, 4.69) is 4.90 Å². The molecule has 94 valence electrons. The average Bonchev–Trinajstić information content (AvgIpc) is 2.20. The first-order valence-corrected chi connectivity index (χ1v) is 6.18. The Hall–Kier alpha value is -0.610. The predicted octanol–water partition coefficient (Wildman–Crippen LogP) is 1.17. The zero-order valence-corrected chi connectivity index (χ0v) is 10.3. The van der Waals surface area contributed by atoms with Gasteiger partial charge in [-0.3, -0.25) is 9.69 Å². The second kappa shape index (κ2) is 6.86. The highest BCUT2D eigenvalue weighted by Crippen LogP contribution is 2.19. The molecule has 1 saturated heterocycles. The fourth-order valence-electron chi connectivity index (χ4n) is 2.21. The Kier molecular flexibility index (Phi) is 5.77. The van der Waals surface area contributed by atoms with Crippen LogP contribution in [0.15, 0.2) is 0 Å². The Morgan fingerprint density at radius 3 is 2.88 bits per heavy atom. The largest absolute Gasteiger partial charge is 0.462 e. The van der Waals surface area contributed by atoms with Gasteiger partial charge in [-0.25, -0.2) is 0 Å². The Bertz CT molecular complexity index is 216. The monoisotopic (exact) mass is 229 g/mol. The number of hydrogen-bond donors (Lipinski definition) is 1. The standard InChI is InChI=1S/C12H23NO3/c1-10(2)16-12(15)9-13-7-4-3-5-11(13)6-8-14/h10-11,14H,3-9H2,1-2H3. The highest BCUT2D eigenvalue weighted by atomic mass is 16.5. The maximum atomic E-state index is 11.5. The molecule has 0 aromatic rings. The van der Waals surface area contributed by atoms with E-state index in [-0.39, 0.29) is 18.7 Å². The van der Waals surface area contributed by atoms with Crippen molar-refractivity contribution in [1.82, 2.24) is 4.90 Å². The van der Waals surface area contributed by atoms with Crippen LogP contribution in [0.3, 0.4) is 0 Å². The lowest BCUT2D eigenvalue weighted by atomic mass is 10.00. The zero-order valence-electron chi connectivity index (χ0n) is 10.3. The Morgan fingerprint density at radius 2 is 2.25 bits per heavy atom. The summed E-state index contributed by atoms with van der Waals surface area (Å²) in [6.07, 6.45) is 4.12. The third-order valence-electron chi connectivity index (χ3n) is 2.91. The van der Waals surface area contributed by atoms with Gasteiger partial charge in [0.05, 0.1) is 12.6 Å². The third-order valence-corrected chi connectivity index (χ3v) is 2.91. The summed E-state index contributed by atoms with van der Waals surface area (Å²) in [5, 5.41) is 8.97. The molecule has 1 fully saturated rings. The van der Waals surface area contributed by atoms with Gasteiger partial charge in [0.25, 0.3) is 0 Å². The molecule has 0 aliphatic carbocycles. The molecule has 1 N–H and O–H groups in total. The third kappa shape index (κ3) is 4.49. The maximum absolute atomic E-state index is 11.5. The molecule has 1 rings (SSSR count). The molecule has 4 nitrogen and oxygen atoms in total. The summed E-state index contributed by atoms with van der Waals surface area (Å²) in [4.78, 5) is 13.7. The van der Waals surface area contributed by atoms with Crippen molar-refractivity contribution in [3.63, 3.8) is 0 Å². The van der Waals surface area contributed by atoms with Crippen molar-refractivity contribution in [2.24, 2.45) is 0 Å². The normalized spacial score (nSPS) is 22.4. The molecule has 1 heterocycles. The molecule has 16 heavy (non-hydrogen) atoms. The molecule has 1 aliphatic heterocycles. The summed E-state index contributed by atoms with van der Waals surface area (Å²) >= 11 is 0. The van der Waals surface area contributed by atoms with E-state index in [4.69, 9.17) is 9.84 Å². The Labute approximate surface area is 97.6 Å². The number of nitrogens with zero attached hydrogens (tertiary/aromatic N) is 1. The van der Waals surface area contributed by atoms with E-state index in [1.807, 2.05) is 13.8 Å². The molecule has 1 atom stereocenters. The fraction of sp³-hybridized carbons (Fsp3) is 0.917. The van der Waals surface area contributed by atoms with Gasteiger partial charge in [-0.05, 0) is 39.7 Å². The topological polar surface area (TPSA) is 49.8 Å². The minimum Gasteiger partial charge on any atom is -0.462 e. The fourth-order valence-corrected chi connectivity index (χ4v) is 2.21. The number of carbonyl (C=O) groups excluding carboxylic acids is 1. The van der Waals surface area contributed by atoms with Crippen molar-refractivity contribution < 1.29 is 14.6 Å². The van der Waals surface area contributed by atoms with Crippen LogP contribution in [0.2, 0.25) is 0 Å². The zero-order chi connectivity index (χ0) is 12.0. The number of aliphatic hydroxyl groups is 1. The van der Waals surface area contributed by atoms with Gasteiger partial charge in [0.15, 0.2) is 0 Å². The minimum absolute atomic E-state index is 0.0476. The molecule has 0 amide bonds. The van der Waals surface area contributed by atoms with Crippen molar-refractivity contribution in [1.29, 1.82) is 0 Å². The quantitative estimate of drug-likeness (QED) is 0.719. The number of hydrogen-bond acceptors (Lipinski definition) is 4. The summed E-state index contributed by atoms with van der Waals surface area (Å²) in [7, 11) is 0. The maximum Gasteiger partial charge on any atom is 0.320 e. The van der Waals surface area contributed by atoms with E-state index >= 15 is 0 Å². The van der Waals surface area contributed by atoms with Crippen molar-refractivity contribution >= 4 is 5.97 Å². The number of carbonyl (C=O) groups is 1. The summed E-state index contributed by atoms with van der Waals surface area (Å²) in [6.45, 7) is 5.22. The van der Waals surface area contributed by atoms with Crippen LogP contribution in [0, 0.1) is 0 Å². The van der Waals surface area contributed by atoms with Gasteiger partial charge < -0.3 is 9.84 Å². The van der Waals surface area contributed by atoms with E-state index in [0.717, 1.165) is 25.8 Å². The van der Waals surface area contributed by atoms with Crippen LogP contribution in [-0.2, 0) is 9.53 Å². The minimum atomic E-state index is -0.153. The van der Waals surface area contributed by atoms with Crippen molar-refractivity contribution in [3.05, 3.63) is 0 Å². The predicted molar refractivity (Wildman–Crippen MR) is 62.1 cm³/mol. The molecule has 0 radical (unpaired) electrons. The second-order valence-corrected chi connectivity index (χ2v) is 4.67. The van der Waals surface area contributed by atoms with Gasteiger partial charge in [0, 0.05) is 12.6 Å². The molecule has 4 heteroatoms. The molecular formula is C12H23NO3. The molecule has 0 aromatic carbocycles. The van der Waals surface area contributed by atoms with E-state index < -0.39 is 0 Å². The number of likely N-dealkylation sites (tertiary alicyclic amines) is 1. The highest BCUT2D eigenvalue weighted by Gasteiger charge is 2.24. The number of aliphatic hydroxyl groups excluding tert-OH is 1. The van der Waals surface area contributed by atoms with Crippen LogP contribution < -0.4 is 0 Å². The van der Waals surface area contributed by atoms with Gasteiger partial charge in [-0.2, -0.15) is 0 Å². The van der Waals surface area contributed by atoms with Gasteiger partial charge in [-0.15, -0.1) is 0 Å². The van der Waals surface area contributed by atoms with Gasteiger partial charge in [-0.1, -0.05) is 6.42 Å². The number of esters is 1. The first-order valence-electron chi connectivity index (χ1n) is 6.18. The first kappa shape index (κ1) is 13.5. The molecular weight excluding hydrogens is 206 g/mol. The van der Waals surface area contributed by atoms with Crippen LogP contribution in [0.5, 0.6) is 0 Å². The SMILES string of the molecule is CC(C)OC(=O)CN1CCCCC1CCO. The average molecular weight is 229 g/mol. The number of rotatable bonds is 5. The molecule has 0 spiro atoms. The number of ether oxygens (including phenoxy) is 1. The molecule has 1 unspecified atom stereocenters. The van der Waals surface area contributed by atoms with Crippen LogP contribution in [-0.4, -0.2) is 47.8 Å². The van der Waals surface area contributed by atoms with Crippen molar-refractivity contribution in [2.45, 2.75) is 51.7 Å². The van der Waals surface area contributed by atoms with Gasteiger partial charge in [0.2, 0.25) is 0 Å². The Morgan fingerprint density at radius 1 is 1.50 bits per heavy atom. The molecule has 0 bridgehead atoms. The summed E-state index contributed by atoms with van der Waals surface area (Å²) in [5.74, 6) is -0.153. The first-order chi connectivity index (χ1) is 7.63. The van der Waals surface area contributed by atoms with Crippen molar-refractivity contribution in [3.8, 4) is 0 Å². The van der Waals surface area contributed by atoms with Gasteiger partial charge in [0.1, 0.15) is 0 Å². The van der Waals surface area contributed by atoms with Crippen LogP contribution >= 0.6 is 0 Å². The smallest absolute Gasteiger partial charge is 0.320 e. The lowest BCUT2D eigenvalue weighted by Gasteiger charge is -2.34. The van der Waals surface area contributed by atoms with Crippen LogP contribution in [0.1, 0.15) is 39.5 Å². The van der Waals surface area contributed by atoms with E-state index in [0.29, 0.717) is 12.6 Å². The van der Waals surface area contributed by atoms with E-state index in [1.165, 1.54) is 6.42 Å². The molecule has 0 aromatic heterocycles. The lowest BCUT2D eigenvalue weighted by Crippen LogP contribution is -2.43. The van der Waals surface area contributed by atoms with Gasteiger partial charge >= 0.3 is 5.97 Å². The van der Waals surface area contributed by atoms with Crippen molar-refractivity contribution in [2.75, 3.05) is 19.7 Å². The molecule has 1 aliphatic rings. The summed E-state index contributed by atoms with van der Waals surface area (Å²) < 4.78 is 5.14.